The summed E-state index contributed by atoms with van der Waals surface area (Å²) in [6.45, 7) is 2.69. The Morgan fingerprint density at radius 1 is 1.33 bits per heavy atom. The van der Waals surface area contributed by atoms with Crippen LogP contribution in [0.2, 0.25) is 0 Å². The van der Waals surface area contributed by atoms with Crippen molar-refractivity contribution in [2.45, 2.75) is 44.1 Å². The van der Waals surface area contributed by atoms with Crippen LogP contribution in [-0.4, -0.2) is 26.9 Å². The highest BCUT2D eigenvalue weighted by Crippen LogP contribution is 2.52. The van der Waals surface area contributed by atoms with Crippen LogP contribution >= 0.6 is 0 Å². The number of nitrogens with zero attached hydrogens (tertiary/aromatic N) is 3. The molecular weight excluding hydrogens is 305 g/mol. The van der Waals surface area contributed by atoms with Gasteiger partial charge in [0.1, 0.15) is 11.6 Å². The fraction of sp³-hybridized carbons (Fsp3) is 0.474. The third-order valence-electron chi connectivity index (χ3n) is 5.39. The standard InChI is InChI=1S/C19H22FN3O/c1-13-12-22(2)17(21-13)16-8-5-11-23(16)18(24)19(9-10-19)14-6-3-4-7-15(14)20/h3-4,6-7,12,16H,5,8-11H2,1-2H3/t16-/m1/s1. The molecule has 2 aromatic rings. The first-order valence-corrected chi connectivity index (χ1v) is 8.59. The van der Waals surface area contributed by atoms with Gasteiger partial charge in [-0.2, -0.15) is 0 Å². The van der Waals surface area contributed by atoms with Crippen molar-refractivity contribution < 1.29 is 9.18 Å². The van der Waals surface area contributed by atoms with Crippen LogP contribution in [0.4, 0.5) is 4.39 Å². The largest absolute Gasteiger partial charge is 0.336 e. The molecule has 1 saturated heterocycles. The second kappa shape index (κ2) is 5.43. The molecule has 1 amide bonds. The van der Waals surface area contributed by atoms with E-state index < -0.39 is 5.41 Å². The van der Waals surface area contributed by atoms with Crippen molar-refractivity contribution in [1.29, 1.82) is 0 Å². The van der Waals surface area contributed by atoms with Crippen molar-refractivity contribution in [1.82, 2.24) is 14.5 Å². The van der Waals surface area contributed by atoms with Crippen LogP contribution in [-0.2, 0) is 17.3 Å². The molecule has 1 saturated carbocycles. The number of aromatic nitrogens is 2. The topological polar surface area (TPSA) is 38.1 Å². The summed E-state index contributed by atoms with van der Waals surface area (Å²) >= 11 is 0. The first-order chi connectivity index (χ1) is 11.5. The van der Waals surface area contributed by atoms with Gasteiger partial charge in [-0.1, -0.05) is 18.2 Å². The Morgan fingerprint density at radius 2 is 2.08 bits per heavy atom. The van der Waals surface area contributed by atoms with Crippen LogP contribution in [0.5, 0.6) is 0 Å². The maximum absolute atomic E-state index is 14.3. The highest BCUT2D eigenvalue weighted by Gasteiger charge is 2.56. The molecule has 1 atom stereocenters. The molecule has 2 aliphatic rings. The molecule has 1 aromatic heterocycles. The molecule has 2 fully saturated rings. The SMILES string of the molecule is Cc1cn(C)c([C@H]2CCCN2C(=O)C2(c3ccccc3F)CC2)n1. The average molecular weight is 327 g/mol. The number of amides is 1. The predicted molar refractivity (Wildman–Crippen MR) is 88.9 cm³/mol. The molecule has 1 aromatic carbocycles. The van der Waals surface area contributed by atoms with Gasteiger partial charge in [0.25, 0.3) is 0 Å². The van der Waals surface area contributed by atoms with Crippen molar-refractivity contribution >= 4 is 5.91 Å². The maximum Gasteiger partial charge on any atom is 0.233 e. The van der Waals surface area contributed by atoms with Gasteiger partial charge >= 0.3 is 0 Å². The summed E-state index contributed by atoms with van der Waals surface area (Å²) < 4.78 is 16.3. The first-order valence-electron chi connectivity index (χ1n) is 8.59. The molecule has 126 valence electrons. The number of hydrogen-bond acceptors (Lipinski definition) is 2. The van der Waals surface area contributed by atoms with E-state index in [0.29, 0.717) is 5.56 Å². The molecule has 5 heteroatoms. The lowest BCUT2D eigenvalue weighted by Crippen LogP contribution is -2.40. The fourth-order valence-electron chi connectivity index (χ4n) is 4.07. The second-order valence-electron chi connectivity index (χ2n) is 7.07. The zero-order chi connectivity index (χ0) is 16.9. The molecular formula is C19H22FN3O. The maximum atomic E-state index is 14.3. The highest BCUT2D eigenvalue weighted by atomic mass is 19.1. The Labute approximate surface area is 141 Å². The minimum atomic E-state index is -0.659. The number of halogens is 1. The number of imidazole rings is 1. The molecule has 24 heavy (non-hydrogen) atoms. The normalized spacial score (nSPS) is 22.0. The summed E-state index contributed by atoms with van der Waals surface area (Å²) in [6.07, 6.45) is 5.34. The van der Waals surface area contributed by atoms with Gasteiger partial charge in [0.2, 0.25) is 5.91 Å². The van der Waals surface area contributed by atoms with Gasteiger partial charge in [0.15, 0.2) is 0 Å². The zero-order valence-corrected chi connectivity index (χ0v) is 14.1. The van der Waals surface area contributed by atoms with E-state index in [4.69, 9.17) is 0 Å². The Morgan fingerprint density at radius 3 is 2.71 bits per heavy atom. The third kappa shape index (κ3) is 2.26. The summed E-state index contributed by atoms with van der Waals surface area (Å²) in [6, 6.07) is 6.70. The van der Waals surface area contributed by atoms with Crippen molar-refractivity contribution in [3.63, 3.8) is 0 Å². The Hall–Kier alpha value is -2.17. The van der Waals surface area contributed by atoms with E-state index in [-0.39, 0.29) is 17.8 Å². The molecule has 1 aliphatic heterocycles. The summed E-state index contributed by atoms with van der Waals surface area (Å²) in [5.41, 5.74) is 0.854. The lowest BCUT2D eigenvalue weighted by Gasteiger charge is -2.29. The van der Waals surface area contributed by atoms with Crippen molar-refractivity contribution in [2.24, 2.45) is 7.05 Å². The summed E-state index contributed by atoms with van der Waals surface area (Å²) in [7, 11) is 1.97. The lowest BCUT2D eigenvalue weighted by atomic mass is 9.93. The Kier molecular flexibility index (Phi) is 3.48. The van der Waals surface area contributed by atoms with Crippen molar-refractivity contribution in [3.8, 4) is 0 Å². The predicted octanol–water partition coefficient (Wildman–Crippen LogP) is 3.26. The van der Waals surface area contributed by atoms with E-state index in [2.05, 4.69) is 4.98 Å². The summed E-state index contributed by atoms with van der Waals surface area (Å²) in [5, 5.41) is 0. The van der Waals surface area contributed by atoms with E-state index in [1.165, 1.54) is 6.07 Å². The number of hydrogen-bond donors (Lipinski definition) is 0. The van der Waals surface area contributed by atoms with Crippen LogP contribution in [0, 0.1) is 12.7 Å². The molecule has 0 unspecified atom stereocenters. The van der Waals surface area contributed by atoms with Gasteiger partial charge in [-0.15, -0.1) is 0 Å². The van der Waals surface area contributed by atoms with Crippen LogP contribution < -0.4 is 0 Å². The smallest absolute Gasteiger partial charge is 0.233 e. The van der Waals surface area contributed by atoms with Gasteiger partial charge in [-0.05, 0) is 38.7 Å². The quantitative estimate of drug-likeness (QED) is 0.868. The zero-order valence-electron chi connectivity index (χ0n) is 14.1. The molecule has 0 spiro atoms. The monoisotopic (exact) mass is 327 g/mol. The summed E-state index contributed by atoms with van der Waals surface area (Å²) in [5.74, 6) is 0.727. The van der Waals surface area contributed by atoms with Gasteiger partial charge in [-0.25, -0.2) is 9.37 Å². The number of carbonyl (C=O) groups excluding carboxylic acids is 1. The molecule has 0 radical (unpaired) electrons. The number of benzene rings is 1. The van der Waals surface area contributed by atoms with Crippen LogP contribution in [0.25, 0.3) is 0 Å². The number of rotatable bonds is 3. The molecule has 2 heterocycles. The average Bonchev–Trinajstić information content (AvgIpc) is 3.09. The number of likely N-dealkylation sites (tertiary alicyclic amines) is 1. The van der Waals surface area contributed by atoms with Crippen molar-refractivity contribution in [2.75, 3.05) is 6.54 Å². The van der Waals surface area contributed by atoms with Crippen LogP contribution in [0.15, 0.2) is 30.5 Å². The Bertz CT molecular complexity index is 794. The van der Waals surface area contributed by atoms with Gasteiger partial charge in [0.05, 0.1) is 17.2 Å². The molecule has 0 N–H and O–H groups in total. The number of aryl methyl sites for hydroxylation is 2. The second-order valence-corrected chi connectivity index (χ2v) is 7.07. The van der Waals surface area contributed by atoms with Gasteiger partial charge < -0.3 is 9.47 Å². The van der Waals surface area contributed by atoms with E-state index >= 15 is 0 Å². The van der Waals surface area contributed by atoms with Crippen LogP contribution in [0.1, 0.15) is 48.8 Å². The van der Waals surface area contributed by atoms with E-state index in [1.807, 2.05) is 35.7 Å². The molecule has 0 bridgehead atoms. The third-order valence-corrected chi connectivity index (χ3v) is 5.39. The molecule has 4 nitrogen and oxygen atoms in total. The van der Waals surface area contributed by atoms with E-state index in [1.54, 1.807) is 12.1 Å². The Balaban J connectivity index is 1.67. The minimum absolute atomic E-state index is 0.000415. The first kappa shape index (κ1) is 15.4. The lowest BCUT2D eigenvalue weighted by molar-refractivity contribution is -0.135. The van der Waals surface area contributed by atoms with Crippen molar-refractivity contribution in [3.05, 3.63) is 53.4 Å². The van der Waals surface area contributed by atoms with Crippen LogP contribution in [0.3, 0.4) is 0 Å². The fourth-order valence-corrected chi connectivity index (χ4v) is 4.07. The highest BCUT2D eigenvalue weighted by molar-refractivity contribution is 5.91. The minimum Gasteiger partial charge on any atom is -0.336 e. The molecule has 1 aliphatic carbocycles. The summed E-state index contributed by atoms with van der Waals surface area (Å²) in [4.78, 5) is 19.9. The van der Waals surface area contributed by atoms with Gasteiger partial charge in [-0.3, -0.25) is 4.79 Å². The molecule has 4 rings (SSSR count). The van der Waals surface area contributed by atoms with E-state index in [9.17, 15) is 9.18 Å². The van der Waals surface area contributed by atoms with E-state index in [0.717, 1.165) is 43.7 Å². The van der Waals surface area contributed by atoms with Gasteiger partial charge in [0, 0.05) is 25.4 Å². The number of carbonyl (C=O) groups is 1.